The van der Waals surface area contributed by atoms with Crippen LogP contribution in [0, 0.1) is 0 Å². The van der Waals surface area contributed by atoms with Gasteiger partial charge in [-0.05, 0) is 30.5 Å². The summed E-state index contributed by atoms with van der Waals surface area (Å²) in [6.45, 7) is 2.93. The van der Waals surface area contributed by atoms with E-state index in [1.54, 1.807) is 7.11 Å². The number of hydrogen-bond donors (Lipinski definition) is 0. The molecule has 3 heterocycles. The first-order valence-corrected chi connectivity index (χ1v) is 9.04. The van der Waals surface area contributed by atoms with Gasteiger partial charge in [-0.15, -0.1) is 10.2 Å². The summed E-state index contributed by atoms with van der Waals surface area (Å²) < 4.78 is 7.50. The van der Waals surface area contributed by atoms with Gasteiger partial charge in [0.1, 0.15) is 17.4 Å². The third-order valence-electron chi connectivity index (χ3n) is 5.43. The second-order valence-corrected chi connectivity index (χ2v) is 6.92. The summed E-state index contributed by atoms with van der Waals surface area (Å²) in [4.78, 5) is 15.2. The van der Waals surface area contributed by atoms with Crippen LogP contribution in [-0.4, -0.2) is 44.8 Å². The topological polar surface area (TPSA) is 60.2 Å². The Balaban J connectivity index is 1.55. The van der Waals surface area contributed by atoms with Crippen molar-refractivity contribution in [3.63, 3.8) is 0 Å². The Hall–Kier alpha value is -2.37. The lowest BCUT2D eigenvalue weighted by molar-refractivity contribution is -0.133. The molecule has 1 amide bonds. The van der Waals surface area contributed by atoms with Gasteiger partial charge in [-0.2, -0.15) is 0 Å². The molecule has 6 nitrogen and oxygen atoms in total. The van der Waals surface area contributed by atoms with Crippen molar-refractivity contribution >= 4 is 5.91 Å². The van der Waals surface area contributed by atoms with Crippen LogP contribution < -0.4 is 4.74 Å². The Morgan fingerprint density at radius 3 is 2.92 bits per heavy atom. The number of hydrogen-bond acceptors (Lipinski definition) is 4. The van der Waals surface area contributed by atoms with E-state index in [1.807, 2.05) is 24.3 Å². The maximum Gasteiger partial charge on any atom is 0.227 e. The van der Waals surface area contributed by atoms with Gasteiger partial charge in [0.05, 0.1) is 19.6 Å². The van der Waals surface area contributed by atoms with E-state index >= 15 is 0 Å². The highest BCUT2D eigenvalue weighted by molar-refractivity contribution is 5.80. The molecule has 2 atom stereocenters. The van der Waals surface area contributed by atoms with Crippen LogP contribution in [-0.2, 0) is 30.6 Å². The van der Waals surface area contributed by atoms with Crippen molar-refractivity contribution in [1.82, 2.24) is 19.7 Å². The summed E-state index contributed by atoms with van der Waals surface area (Å²) in [5.41, 5.74) is 1.00. The Bertz CT molecular complexity index is 785. The van der Waals surface area contributed by atoms with Crippen molar-refractivity contribution in [3.05, 3.63) is 41.5 Å². The predicted octanol–water partition coefficient (Wildman–Crippen LogP) is 2.01. The number of carbonyl (C=O) groups is 1. The summed E-state index contributed by atoms with van der Waals surface area (Å²) >= 11 is 0. The number of nitrogens with zero attached hydrogens (tertiary/aromatic N) is 4. The number of amides is 1. The van der Waals surface area contributed by atoms with E-state index in [-0.39, 0.29) is 18.0 Å². The van der Waals surface area contributed by atoms with Gasteiger partial charge in [-0.25, -0.2) is 0 Å². The molecule has 0 aliphatic carbocycles. The molecule has 2 aromatic rings. The molecule has 2 aliphatic rings. The van der Waals surface area contributed by atoms with Crippen molar-refractivity contribution in [2.24, 2.45) is 0 Å². The molecule has 0 radical (unpaired) electrons. The van der Waals surface area contributed by atoms with Crippen LogP contribution in [0.2, 0.25) is 0 Å². The molecule has 0 spiro atoms. The number of aryl methyl sites for hydroxylation is 1. The molecule has 6 heteroatoms. The molecule has 1 aromatic carbocycles. The van der Waals surface area contributed by atoms with Gasteiger partial charge in [-0.3, -0.25) is 4.79 Å². The molecular weight excluding hydrogens is 316 g/mol. The third kappa shape index (κ3) is 2.90. The van der Waals surface area contributed by atoms with E-state index in [0.717, 1.165) is 55.2 Å². The van der Waals surface area contributed by atoms with Gasteiger partial charge < -0.3 is 14.2 Å². The van der Waals surface area contributed by atoms with Crippen LogP contribution in [0.4, 0.5) is 0 Å². The minimum absolute atomic E-state index is 0.206. The Kier molecular flexibility index (Phi) is 4.19. The number of fused-ring (bicyclic) bond motifs is 3. The SMILES string of the molecule is CCc1nnc2n1CC1CCC(C2)N1C(=O)Cc1cccc(OC)c1. The molecule has 2 bridgehead atoms. The minimum Gasteiger partial charge on any atom is -0.497 e. The van der Waals surface area contributed by atoms with Crippen LogP contribution in [0.25, 0.3) is 0 Å². The smallest absolute Gasteiger partial charge is 0.227 e. The van der Waals surface area contributed by atoms with Gasteiger partial charge >= 0.3 is 0 Å². The van der Waals surface area contributed by atoms with Gasteiger partial charge in [-0.1, -0.05) is 19.1 Å². The van der Waals surface area contributed by atoms with E-state index < -0.39 is 0 Å². The monoisotopic (exact) mass is 340 g/mol. The molecule has 132 valence electrons. The zero-order chi connectivity index (χ0) is 17.4. The minimum atomic E-state index is 0.206. The highest BCUT2D eigenvalue weighted by Gasteiger charge is 2.40. The van der Waals surface area contributed by atoms with Crippen molar-refractivity contribution in [1.29, 1.82) is 0 Å². The molecule has 2 unspecified atom stereocenters. The third-order valence-corrected chi connectivity index (χ3v) is 5.43. The van der Waals surface area contributed by atoms with E-state index in [2.05, 4.69) is 26.6 Å². The Morgan fingerprint density at radius 1 is 1.28 bits per heavy atom. The number of methoxy groups -OCH3 is 1. The quantitative estimate of drug-likeness (QED) is 0.854. The second-order valence-electron chi connectivity index (χ2n) is 6.92. The summed E-state index contributed by atoms with van der Waals surface area (Å²) in [5.74, 6) is 3.06. The number of rotatable bonds is 4. The Morgan fingerprint density at radius 2 is 2.12 bits per heavy atom. The largest absolute Gasteiger partial charge is 0.497 e. The van der Waals surface area contributed by atoms with E-state index in [9.17, 15) is 4.79 Å². The lowest BCUT2D eigenvalue weighted by Crippen LogP contribution is -2.43. The molecular formula is C19H24N4O2. The van der Waals surface area contributed by atoms with Crippen LogP contribution in [0.3, 0.4) is 0 Å². The highest BCUT2D eigenvalue weighted by atomic mass is 16.5. The van der Waals surface area contributed by atoms with Crippen LogP contribution >= 0.6 is 0 Å². The van der Waals surface area contributed by atoms with E-state index in [1.165, 1.54) is 0 Å². The predicted molar refractivity (Wildman–Crippen MR) is 93.5 cm³/mol. The van der Waals surface area contributed by atoms with Crippen molar-refractivity contribution in [2.75, 3.05) is 7.11 Å². The number of carbonyl (C=O) groups excluding carboxylic acids is 1. The van der Waals surface area contributed by atoms with Crippen molar-refractivity contribution in [2.45, 2.75) is 57.7 Å². The van der Waals surface area contributed by atoms with Gasteiger partial charge in [0, 0.05) is 25.4 Å². The molecule has 0 N–H and O–H groups in total. The number of ether oxygens (including phenoxy) is 1. The maximum absolute atomic E-state index is 13.0. The molecule has 0 saturated carbocycles. The zero-order valence-electron chi connectivity index (χ0n) is 14.8. The standard InChI is InChI=1S/C19H24N4O2/c1-3-17-20-21-18-11-14-7-8-15(12-22(17)18)23(14)19(24)10-13-5-4-6-16(9-13)25-2/h4-6,9,14-15H,3,7-8,10-12H2,1-2H3. The van der Waals surface area contributed by atoms with Gasteiger partial charge in [0.15, 0.2) is 0 Å². The van der Waals surface area contributed by atoms with Crippen LogP contribution in [0.5, 0.6) is 5.75 Å². The fourth-order valence-electron chi connectivity index (χ4n) is 4.21. The summed E-state index contributed by atoms with van der Waals surface area (Å²) in [5, 5.41) is 8.67. The van der Waals surface area contributed by atoms with E-state index in [4.69, 9.17) is 4.74 Å². The van der Waals surface area contributed by atoms with Crippen molar-refractivity contribution < 1.29 is 9.53 Å². The van der Waals surface area contributed by atoms with Crippen molar-refractivity contribution in [3.8, 4) is 5.75 Å². The first-order valence-electron chi connectivity index (χ1n) is 9.04. The number of aromatic nitrogens is 3. The molecule has 1 aromatic heterocycles. The lowest BCUT2D eigenvalue weighted by atomic mass is 10.1. The average Bonchev–Trinajstić information content (AvgIpc) is 3.14. The van der Waals surface area contributed by atoms with Gasteiger partial charge in [0.25, 0.3) is 0 Å². The summed E-state index contributed by atoms with van der Waals surface area (Å²) in [6, 6.07) is 8.28. The Labute approximate surface area is 147 Å². The van der Waals surface area contributed by atoms with Crippen LogP contribution in [0.15, 0.2) is 24.3 Å². The fourth-order valence-corrected chi connectivity index (χ4v) is 4.21. The molecule has 1 fully saturated rings. The summed E-state index contributed by atoms with van der Waals surface area (Å²) in [7, 11) is 1.65. The van der Waals surface area contributed by atoms with Gasteiger partial charge in [0.2, 0.25) is 5.91 Å². The normalized spacial score (nSPS) is 21.8. The first kappa shape index (κ1) is 16.1. The lowest BCUT2D eigenvalue weighted by Gasteiger charge is -2.28. The zero-order valence-corrected chi connectivity index (χ0v) is 14.8. The first-order chi connectivity index (χ1) is 12.2. The molecule has 1 saturated heterocycles. The maximum atomic E-state index is 13.0. The second kappa shape index (κ2) is 6.50. The summed E-state index contributed by atoms with van der Waals surface area (Å²) in [6.07, 6.45) is 4.24. The molecule has 4 rings (SSSR count). The molecule has 2 aliphatic heterocycles. The fraction of sp³-hybridized carbons (Fsp3) is 0.526. The highest BCUT2D eigenvalue weighted by Crippen LogP contribution is 2.32. The molecule has 25 heavy (non-hydrogen) atoms. The van der Waals surface area contributed by atoms with E-state index in [0.29, 0.717) is 6.42 Å². The number of benzene rings is 1. The van der Waals surface area contributed by atoms with Crippen LogP contribution in [0.1, 0.15) is 37.0 Å². The average molecular weight is 340 g/mol.